The summed E-state index contributed by atoms with van der Waals surface area (Å²) in [7, 11) is 3.36. The number of benzene rings is 1. The lowest BCUT2D eigenvalue weighted by atomic mass is 9.94. The lowest BCUT2D eigenvalue weighted by Crippen LogP contribution is -2.62. The summed E-state index contributed by atoms with van der Waals surface area (Å²) in [5, 5.41) is 31.8. The number of amidine groups is 1. The van der Waals surface area contributed by atoms with Gasteiger partial charge in [0.15, 0.2) is 5.17 Å². The summed E-state index contributed by atoms with van der Waals surface area (Å²) >= 11 is 1.04. The average Bonchev–Trinajstić information content (AvgIpc) is 3.07. The Morgan fingerprint density at radius 1 is 1.28 bits per heavy atom. The third-order valence-electron chi connectivity index (χ3n) is 4.40. The second-order valence-electron chi connectivity index (χ2n) is 6.70. The molecule has 0 radical (unpaired) electrons. The Morgan fingerprint density at radius 3 is 2.41 bits per heavy atom. The van der Waals surface area contributed by atoms with Crippen molar-refractivity contribution >= 4 is 22.6 Å². The van der Waals surface area contributed by atoms with Gasteiger partial charge in [-0.25, -0.2) is 0 Å². The van der Waals surface area contributed by atoms with E-state index in [0.29, 0.717) is 5.17 Å². The Morgan fingerprint density at radius 2 is 1.90 bits per heavy atom. The lowest BCUT2D eigenvalue weighted by Gasteiger charge is -2.41. The summed E-state index contributed by atoms with van der Waals surface area (Å²) in [6.07, 6.45) is -13.0. The van der Waals surface area contributed by atoms with Crippen LogP contribution in [0.2, 0.25) is 0 Å². The molecule has 29 heavy (non-hydrogen) atoms. The van der Waals surface area contributed by atoms with Gasteiger partial charge in [0.05, 0.1) is 4.92 Å². The molecule has 0 aromatic heterocycles. The minimum absolute atomic E-state index is 0.297. The SMILES string of the molecule is CN(C)C1=N[C@@H]2[C@@H](O)[C@H](O)[C@@H]([C@@H](Oc3ccc([N+](=O)[O-])cc3)C(F)(F)F)O[C@@H]2S1. The molecule has 0 amide bonds. The molecule has 1 saturated heterocycles. The molecule has 1 aromatic rings. The molecular formula is C16H18F3N3O6S. The van der Waals surface area contributed by atoms with Crippen molar-refractivity contribution in [2.24, 2.45) is 4.99 Å². The molecule has 0 saturated carbocycles. The lowest BCUT2D eigenvalue weighted by molar-refractivity contribution is -0.384. The highest BCUT2D eigenvalue weighted by Gasteiger charge is 2.58. The summed E-state index contributed by atoms with van der Waals surface area (Å²) in [6.45, 7) is 0. The first-order valence-electron chi connectivity index (χ1n) is 8.40. The molecule has 9 nitrogen and oxygen atoms in total. The highest BCUT2D eigenvalue weighted by atomic mass is 32.2. The second kappa shape index (κ2) is 7.97. The van der Waals surface area contributed by atoms with Crippen LogP contribution >= 0.6 is 11.8 Å². The van der Waals surface area contributed by atoms with Gasteiger partial charge in [-0.2, -0.15) is 13.2 Å². The maximum Gasteiger partial charge on any atom is 0.428 e. The topological polar surface area (TPSA) is 118 Å². The molecular weight excluding hydrogens is 419 g/mol. The van der Waals surface area contributed by atoms with Gasteiger partial charge in [-0.1, -0.05) is 11.8 Å². The molecule has 3 rings (SSSR count). The van der Waals surface area contributed by atoms with Crippen LogP contribution < -0.4 is 4.74 Å². The number of fused-ring (bicyclic) bond motifs is 1. The molecule has 0 unspecified atom stereocenters. The van der Waals surface area contributed by atoms with E-state index in [2.05, 4.69) is 4.99 Å². The number of hydrogen-bond acceptors (Lipinski definition) is 9. The number of nitro benzene ring substituents is 1. The van der Waals surface area contributed by atoms with Gasteiger partial charge in [0.2, 0.25) is 6.10 Å². The van der Waals surface area contributed by atoms with Crippen LogP contribution in [0.5, 0.6) is 5.75 Å². The first-order chi connectivity index (χ1) is 13.5. The van der Waals surface area contributed by atoms with Gasteiger partial charge in [-0.05, 0) is 12.1 Å². The Kier molecular flexibility index (Phi) is 5.94. The van der Waals surface area contributed by atoms with E-state index < -0.39 is 47.0 Å². The third-order valence-corrected chi connectivity index (χ3v) is 5.71. The van der Waals surface area contributed by atoms with Crippen molar-refractivity contribution < 1.29 is 37.8 Å². The van der Waals surface area contributed by atoms with Crippen molar-refractivity contribution in [3.05, 3.63) is 34.4 Å². The normalized spacial score (nSPS) is 30.3. The number of thioether (sulfide) groups is 1. The molecule has 6 atom stereocenters. The van der Waals surface area contributed by atoms with Gasteiger partial charge in [0, 0.05) is 26.2 Å². The number of aliphatic hydroxyl groups excluding tert-OH is 2. The molecule has 2 N–H and O–H groups in total. The highest BCUT2D eigenvalue weighted by molar-refractivity contribution is 8.14. The molecule has 13 heteroatoms. The fourth-order valence-electron chi connectivity index (χ4n) is 2.95. The van der Waals surface area contributed by atoms with Crippen LogP contribution in [-0.4, -0.2) is 81.4 Å². The minimum atomic E-state index is -4.95. The predicted molar refractivity (Wildman–Crippen MR) is 96.7 cm³/mol. The Bertz CT molecular complexity index is 791. The van der Waals surface area contributed by atoms with Gasteiger partial charge < -0.3 is 24.6 Å². The third kappa shape index (κ3) is 4.42. The zero-order chi connectivity index (χ0) is 21.5. The highest BCUT2D eigenvalue weighted by Crippen LogP contribution is 2.41. The summed E-state index contributed by atoms with van der Waals surface area (Å²) in [5.41, 5.74) is -1.25. The first-order valence-corrected chi connectivity index (χ1v) is 9.28. The minimum Gasteiger partial charge on any atom is -0.478 e. The van der Waals surface area contributed by atoms with Crippen LogP contribution in [0.3, 0.4) is 0 Å². The van der Waals surface area contributed by atoms with Gasteiger partial charge in [-0.3, -0.25) is 15.1 Å². The van der Waals surface area contributed by atoms with E-state index >= 15 is 0 Å². The smallest absolute Gasteiger partial charge is 0.428 e. The fraction of sp³-hybridized carbons (Fsp3) is 0.562. The van der Waals surface area contributed by atoms with Crippen LogP contribution in [0.25, 0.3) is 0 Å². The average molecular weight is 437 g/mol. The Balaban J connectivity index is 1.83. The zero-order valence-electron chi connectivity index (χ0n) is 15.2. The number of rotatable bonds is 4. The van der Waals surface area contributed by atoms with Crippen LogP contribution in [0.15, 0.2) is 29.3 Å². The molecule has 1 aromatic carbocycles. The van der Waals surface area contributed by atoms with Gasteiger partial charge >= 0.3 is 6.18 Å². The number of alkyl halides is 3. The van der Waals surface area contributed by atoms with E-state index in [-0.39, 0.29) is 11.4 Å². The van der Waals surface area contributed by atoms with E-state index in [1.54, 1.807) is 19.0 Å². The molecule has 0 aliphatic carbocycles. The number of non-ortho nitro benzene ring substituents is 1. The molecule has 160 valence electrons. The van der Waals surface area contributed by atoms with Crippen LogP contribution in [0.1, 0.15) is 0 Å². The van der Waals surface area contributed by atoms with Crippen molar-refractivity contribution in [2.75, 3.05) is 14.1 Å². The maximum atomic E-state index is 13.7. The van der Waals surface area contributed by atoms with Gasteiger partial charge in [0.1, 0.15) is 35.5 Å². The van der Waals surface area contributed by atoms with E-state index in [1.807, 2.05) is 0 Å². The molecule has 2 aliphatic heterocycles. The number of aliphatic hydroxyl groups is 2. The van der Waals surface area contributed by atoms with Gasteiger partial charge in [-0.15, -0.1) is 0 Å². The van der Waals surface area contributed by atoms with Crippen LogP contribution in [0, 0.1) is 10.1 Å². The zero-order valence-corrected chi connectivity index (χ0v) is 16.0. The van der Waals surface area contributed by atoms with Crippen molar-refractivity contribution in [2.45, 2.75) is 42.1 Å². The number of hydrogen-bond donors (Lipinski definition) is 2. The number of aliphatic imine (C=N–C) groups is 1. The van der Waals surface area contributed by atoms with Crippen molar-refractivity contribution in [1.29, 1.82) is 0 Å². The number of halogens is 3. The summed E-state index contributed by atoms with van der Waals surface area (Å²) in [6, 6.07) is 3.11. The number of nitrogens with zero attached hydrogens (tertiary/aromatic N) is 3. The molecule has 2 heterocycles. The Hall–Kier alpha value is -2.09. The van der Waals surface area contributed by atoms with Crippen LogP contribution in [0.4, 0.5) is 18.9 Å². The monoisotopic (exact) mass is 437 g/mol. The van der Waals surface area contributed by atoms with E-state index in [9.17, 15) is 33.5 Å². The van der Waals surface area contributed by atoms with E-state index in [1.165, 1.54) is 0 Å². The molecule has 0 bridgehead atoms. The maximum absolute atomic E-state index is 13.7. The Labute approximate surface area is 167 Å². The summed E-state index contributed by atoms with van der Waals surface area (Å²) in [4.78, 5) is 15.8. The van der Waals surface area contributed by atoms with E-state index in [4.69, 9.17) is 9.47 Å². The van der Waals surface area contributed by atoms with Crippen molar-refractivity contribution in [3.8, 4) is 5.75 Å². The predicted octanol–water partition coefficient (Wildman–Crippen LogP) is 1.38. The van der Waals surface area contributed by atoms with E-state index in [0.717, 1.165) is 36.0 Å². The molecule has 0 spiro atoms. The second-order valence-corrected chi connectivity index (χ2v) is 7.76. The largest absolute Gasteiger partial charge is 0.478 e. The van der Waals surface area contributed by atoms with Gasteiger partial charge in [0.25, 0.3) is 5.69 Å². The fourth-order valence-corrected chi connectivity index (χ4v) is 4.10. The van der Waals surface area contributed by atoms with Crippen molar-refractivity contribution in [1.82, 2.24) is 4.90 Å². The molecule has 1 fully saturated rings. The van der Waals surface area contributed by atoms with Crippen molar-refractivity contribution in [3.63, 3.8) is 0 Å². The standard InChI is InChI=1S/C16H18F3N3O6S/c1-21(2)15-20-9-10(23)11(24)12(28-14(9)29-15)13(16(17,18)19)27-8-5-3-7(4-6-8)22(25)26/h3-6,9-14,23-24H,1-2H3/t9-,10-,11+,12+,13-,14-/m1/s1. The quantitative estimate of drug-likeness (QED) is 0.536. The molecule has 2 aliphatic rings. The number of ether oxygens (including phenoxy) is 2. The first kappa shape index (κ1) is 21.6. The summed E-state index contributed by atoms with van der Waals surface area (Å²) < 4.78 is 51.5. The number of nitro groups is 1. The summed E-state index contributed by atoms with van der Waals surface area (Å²) in [5.74, 6) is -0.297. The van der Waals surface area contributed by atoms with Crippen LogP contribution in [-0.2, 0) is 4.74 Å².